The Morgan fingerprint density at radius 1 is 0.412 bits per heavy atom. The third-order valence-electron chi connectivity index (χ3n) is 16.7. The van der Waals surface area contributed by atoms with Crippen LogP contribution in [0.25, 0.3) is 61.0 Å². The topological polar surface area (TPSA) is 33.5 Å². The van der Waals surface area contributed by atoms with E-state index in [1.807, 2.05) is 6.20 Å². The van der Waals surface area contributed by atoms with Crippen LogP contribution in [0.3, 0.4) is 0 Å². The predicted octanol–water partition coefficient (Wildman–Crippen LogP) is 19.5. The highest BCUT2D eigenvalue weighted by molar-refractivity contribution is 6.09. The van der Waals surface area contributed by atoms with E-state index in [9.17, 15) is 0 Å². The van der Waals surface area contributed by atoms with E-state index >= 15 is 0 Å². The molecule has 3 heterocycles. The molecule has 1 atom stereocenters. The SMILES string of the molecule is CC(C)(C)c1ccnc(-n2c3ccccc3c3ccc(Oc4cc(N5CN(c6c(-c7ccccc7)cccc6-c6ccccc6)c6ccccc65)cc(C5(c6ccccc6)c6ccccc6-c6cc(C(C)(C)C)ccc65)c4)cc32)c1. The van der Waals surface area contributed by atoms with Crippen molar-refractivity contribution in [2.24, 2.45) is 0 Å². The van der Waals surface area contributed by atoms with Crippen molar-refractivity contribution in [1.29, 1.82) is 0 Å². The molecule has 1 unspecified atom stereocenters. The van der Waals surface area contributed by atoms with Crippen molar-refractivity contribution in [2.45, 2.75) is 57.8 Å². The Labute approximate surface area is 469 Å². The summed E-state index contributed by atoms with van der Waals surface area (Å²) in [7, 11) is 0. The average molecular weight is 1040 g/mol. The van der Waals surface area contributed by atoms with Gasteiger partial charge in [0.2, 0.25) is 0 Å². The largest absolute Gasteiger partial charge is 0.457 e. The number of hydrogen-bond donors (Lipinski definition) is 0. The Morgan fingerprint density at radius 3 is 1.71 bits per heavy atom. The quantitative estimate of drug-likeness (QED) is 0.144. The molecule has 0 bridgehead atoms. The second kappa shape index (κ2) is 18.9. The van der Waals surface area contributed by atoms with Gasteiger partial charge in [0.05, 0.1) is 33.5 Å². The molecule has 0 amide bonds. The van der Waals surface area contributed by atoms with E-state index in [0.29, 0.717) is 6.67 Å². The monoisotopic (exact) mass is 1030 g/mol. The maximum Gasteiger partial charge on any atom is 0.137 e. The summed E-state index contributed by atoms with van der Waals surface area (Å²) in [5.41, 5.74) is 20.3. The van der Waals surface area contributed by atoms with Crippen molar-refractivity contribution in [2.75, 3.05) is 16.5 Å². The van der Waals surface area contributed by atoms with Gasteiger partial charge in [-0.05, 0) is 121 Å². The Kier molecular flexibility index (Phi) is 11.5. The first-order chi connectivity index (χ1) is 38.9. The molecule has 1 aliphatic carbocycles. The van der Waals surface area contributed by atoms with Crippen molar-refractivity contribution in [3.05, 3.63) is 288 Å². The highest BCUT2D eigenvalue weighted by Gasteiger charge is 2.47. The zero-order chi connectivity index (χ0) is 54.3. The van der Waals surface area contributed by atoms with Crippen LogP contribution in [-0.4, -0.2) is 16.2 Å². The molecule has 14 rings (SSSR count). The van der Waals surface area contributed by atoms with E-state index in [1.54, 1.807) is 0 Å². The van der Waals surface area contributed by atoms with Gasteiger partial charge in [0, 0.05) is 45.9 Å². The Bertz CT molecular complexity index is 4280. The summed E-state index contributed by atoms with van der Waals surface area (Å²) in [6, 6.07) is 91.2. The molecule has 0 N–H and O–H groups in total. The molecule has 5 heteroatoms. The molecule has 2 aromatic heterocycles. The summed E-state index contributed by atoms with van der Waals surface area (Å²) < 4.78 is 9.75. The fraction of sp³-hybridized carbons (Fsp3) is 0.133. The molecule has 80 heavy (non-hydrogen) atoms. The lowest BCUT2D eigenvalue weighted by Crippen LogP contribution is -2.30. The van der Waals surface area contributed by atoms with Gasteiger partial charge < -0.3 is 14.5 Å². The zero-order valence-corrected chi connectivity index (χ0v) is 46.2. The van der Waals surface area contributed by atoms with Gasteiger partial charge in [0.25, 0.3) is 0 Å². The van der Waals surface area contributed by atoms with Gasteiger partial charge in [0.1, 0.15) is 24.0 Å². The predicted molar refractivity (Wildman–Crippen MR) is 333 cm³/mol. The molecule has 0 spiro atoms. The number of para-hydroxylation sites is 4. The van der Waals surface area contributed by atoms with Crippen LogP contribution in [0.4, 0.5) is 22.7 Å². The van der Waals surface area contributed by atoms with Crippen LogP contribution in [0.1, 0.15) is 74.9 Å². The fourth-order valence-corrected chi connectivity index (χ4v) is 12.8. The molecule has 388 valence electrons. The minimum atomic E-state index is -0.711. The number of benzene rings is 10. The van der Waals surface area contributed by atoms with Crippen molar-refractivity contribution >= 4 is 44.6 Å². The minimum Gasteiger partial charge on any atom is -0.457 e. The highest BCUT2D eigenvalue weighted by atomic mass is 16.5. The van der Waals surface area contributed by atoms with E-state index in [-0.39, 0.29) is 10.8 Å². The molecule has 0 radical (unpaired) electrons. The third kappa shape index (κ3) is 8.02. The number of fused-ring (bicyclic) bond motifs is 7. The van der Waals surface area contributed by atoms with Crippen LogP contribution in [0, 0.1) is 0 Å². The van der Waals surface area contributed by atoms with Gasteiger partial charge in [-0.3, -0.25) is 4.57 Å². The van der Waals surface area contributed by atoms with Crippen LogP contribution in [0.15, 0.2) is 255 Å². The standard InChI is InChI=1S/C75H62N4O/c1-73(2,3)53-37-40-66-64(45-53)61-29-16-18-33-65(61)75(66,52-27-14-9-15-28-52)55-43-56(47-58(44-55)80-57-38-39-63-62-30-17-19-34-67(62)79(70(63)48-57)71-46-54(41-42-76-71)74(4,5)6)77-49-78(69-36-21-20-35-68(69)77)72-59(50-23-10-7-11-24-50)31-22-32-60(72)51-25-12-8-13-26-51/h7-48H,49H2,1-6H3. The minimum absolute atomic E-state index is 0.0459. The van der Waals surface area contributed by atoms with E-state index in [4.69, 9.17) is 9.72 Å². The van der Waals surface area contributed by atoms with Gasteiger partial charge in [-0.1, -0.05) is 224 Å². The number of aromatic nitrogens is 2. The molecule has 5 nitrogen and oxygen atoms in total. The first-order valence-electron chi connectivity index (χ1n) is 28.0. The Hall–Kier alpha value is -9.45. The summed E-state index contributed by atoms with van der Waals surface area (Å²) in [6.45, 7) is 14.2. The van der Waals surface area contributed by atoms with E-state index in [1.165, 1.54) is 66.6 Å². The van der Waals surface area contributed by atoms with Crippen molar-refractivity contribution in [1.82, 2.24) is 9.55 Å². The van der Waals surface area contributed by atoms with Gasteiger partial charge in [0.15, 0.2) is 0 Å². The molecule has 12 aromatic rings. The lowest BCUT2D eigenvalue weighted by Gasteiger charge is -2.35. The average Bonchev–Trinajstić information content (AvgIpc) is 4.20. The van der Waals surface area contributed by atoms with Gasteiger partial charge in [-0.15, -0.1) is 0 Å². The van der Waals surface area contributed by atoms with Crippen molar-refractivity contribution < 1.29 is 4.74 Å². The van der Waals surface area contributed by atoms with Crippen LogP contribution < -0.4 is 14.5 Å². The second-order valence-electron chi connectivity index (χ2n) is 23.6. The third-order valence-corrected chi connectivity index (χ3v) is 16.7. The summed E-state index contributed by atoms with van der Waals surface area (Å²) >= 11 is 0. The van der Waals surface area contributed by atoms with Gasteiger partial charge in [-0.25, -0.2) is 4.98 Å². The molecule has 2 aliphatic rings. The number of ether oxygens (including phenoxy) is 1. The molecule has 0 fully saturated rings. The van der Waals surface area contributed by atoms with Crippen LogP contribution in [0.2, 0.25) is 0 Å². The fourth-order valence-electron chi connectivity index (χ4n) is 12.8. The van der Waals surface area contributed by atoms with Crippen molar-refractivity contribution in [3.8, 4) is 50.7 Å². The summed E-state index contributed by atoms with van der Waals surface area (Å²) in [5, 5.41) is 2.31. The zero-order valence-electron chi connectivity index (χ0n) is 46.2. The summed E-state index contributed by atoms with van der Waals surface area (Å²) in [6.07, 6.45) is 1.94. The lowest BCUT2D eigenvalue weighted by atomic mass is 9.67. The number of anilines is 4. The molecule has 1 aliphatic heterocycles. The van der Waals surface area contributed by atoms with Crippen LogP contribution >= 0.6 is 0 Å². The normalized spacial score (nSPS) is 14.8. The second-order valence-corrected chi connectivity index (χ2v) is 23.6. The van der Waals surface area contributed by atoms with E-state index < -0.39 is 5.41 Å². The van der Waals surface area contributed by atoms with Crippen LogP contribution in [-0.2, 0) is 16.2 Å². The molecule has 0 saturated heterocycles. The van der Waals surface area contributed by atoms with E-state index in [2.05, 4.69) is 305 Å². The summed E-state index contributed by atoms with van der Waals surface area (Å²) in [4.78, 5) is 10.0. The highest BCUT2D eigenvalue weighted by Crippen LogP contribution is 2.59. The number of pyridine rings is 1. The van der Waals surface area contributed by atoms with Crippen LogP contribution in [0.5, 0.6) is 11.5 Å². The smallest absolute Gasteiger partial charge is 0.137 e. The Balaban J connectivity index is 1.00. The van der Waals surface area contributed by atoms with E-state index in [0.717, 1.165) is 62.0 Å². The lowest BCUT2D eigenvalue weighted by molar-refractivity contribution is 0.482. The van der Waals surface area contributed by atoms with Gasteiger partial charge in [-0.2, -0.15) is 0 Å². The molecule has 0 saturated carbocycles. The molecular weight excluding hydrogens is 973 g/mol. The molecular formula is C75H62N4O. The Morgan fingerprint density at radius 2 is 1.00 bits per heavy atom. The van der Waals surface area contributed by atoms with Crippen molar-refractivity contribution in [3.63, 3.8) is 0 Å². The maximum absolute atomic E-state index is 7.45. The first-order valence-corrected chi connectivity index (χ1v) is 28.0. The molecule has 10 aromatic carbocycles. The first kappa shape index (κ1) is 48.9. The number of hydrogen-bond acceptors (Lipinski definition) is 4. The number of rotatable bonds is 9. The van der Waals surface area contributed by atoms with Gasteiger partial charge >= 0.3 is 0 Å². The summed E-state index contributed by atoms with van der Waals surface area (Å²) in [5.74, 6) is 2.36. The maximum atomic E-state index is 7.45. The number of nitrogens with zero attached hydrogens (tertiary/aromatic N) is 4.